The number of hydrogen-bond acceptors (Lipinski definition) is 7. The minimum Gasteiger partial charge on any atom is -0.493 e. The molecular formula is C12H9N5O3. The first kappa shape index (κ1) is 12.2. The summed E-state index contributed by atoms with van der Waals surface area (Å²) in [7, 11) is 3.03. The molecule has 0 aliphatic carbocycles. The van der Waals surface area contributed by atoms with Crippen molar-refractivity contribution in [3.05, 3.63) is 23.8 Å². The van der Waals surface area contributed by atoms with Gasteiger partial charge in [-0.3, -0.25) is 4.79 Å². The first-order chi connectivity index (χ1) is 9.74. The van der Waals surface area contributed by atoms with E-state index >= 15 is 0 Å². The SMILES string of the molecule is COc1cccc(C2=NC(=O)C3=NN=NC3=N2)c1OC. The van der Waals surface area contributed by atoms with Crippen LogP contribution < -0.4 is 9.47 Å². The number of aliphatic imine (C=N–C) groups is 2. The molecule has 0 aromatic heterocycles. The van der Waals surface area contributed by atoms with E-state index in [9.17, 15) is 4.79 Å². The molecule has 0 spiro atoms. The molecule has 3 rings (SSSR count). The molecule has 1 aromatic rings. The molecular weight excluding hydrogens is 262 g/mol. The molecule has 8 nitrogen and oxygen atoms in total. The van der Waals surface area contributed by atoms with E-state index in [-0.39, 0.29) is 17.4 Å². The van der Waals surface area contributed by atoms with Gasteiger partial charge in [0.15, 0.2) is 17.3 Å². The maximum atomic E-state index is 11.8. The molecule has 0 radical (unpaired) electrons. The van der Waals surface area contributed by atoms with Gasteiger partial charge in [0.2, 0.25) is 11.5 Å². The minimum absolute atomic E-state index is 0.0515. The highest BCUT2D eigenvalue weighted by Crippen LogP contribution is 2.32. The van der Waals surface area contributed by atoms with Crippen LogP contribution in [0.25, 0.3) is 0 Å². The fourth-order valence-corrected chi connectivity index (χ4v) is 1.87. The first-order valence-corrected chi connectivity index (χ1v) is 5.66. The topological polar surface area (TPSA) is 97.3 Å². The highest BCUT2D eigenvalue weighted by Gasteiger charge is 2.29. The number of carbonyl (C=O) groups is 1. The van der Waals surface area contributed by atoms with E-state index in [0.717, 1.165) is 0 Å². The number of para-hydroxylation sites is 1. The van der Waals surface area contributed by atoms with Gasteiger partial charge in [-0.1, -0.05) is 6.07 Å². The molecule has 0 N–H and O–H groups in total. The van der Waals surface area contributed by atoms with Crippen molar-refractivity contribution >= 4 is 23.3 Å². The maximum Gasteiger partial charge on any atom is 0.303 e. The lowest BCUT2D eigenvalue weighted by atomic mass is 10.1. The van der Waals surface area contributed by atoms with Crippen LogP contribution in [-0.2, 0) is 4.79 Å². The number of amides is 1. The number of carbonyl (C=O) groups excluding carboxylic acids is 1. The molecule has 20 heavy (non-hydrogen) atoms. The summed E-state index contributed by atoms with van der Waals surface area (Å²) in [6.45, 7) is 0. The van der Waals surface area contributed by atoms with Crippen LogP contribution >= 0.6 is 0 Å². The zero-order chi connectivity index (χ0) is 14.1. The lowest BCUT2D eigenvalue weighted by molar-refractivity contribution is -0.111. The van der Waals surface area contributed by atoms with Gasteiger partial charge >= 0.3 is 5.91 Å². The molecule has 2 aliphatic rings. The standard InChI is InChI=1S/C12H9N5O3/c1-19-7-5-3-4-6(9(7)20-2)10-13-11-8(12(18)14-10)15-17-16-11/h3-5H,1-2H3. The zero-order valence-electron chi connectivity index (χ0n) is 10.7. The number of amidine groups is 2. The predicted molar refractivity (Wildman–Crippen MR) is 70.8 cm³/mol. The van der Waals surface area contributed by atoms with Crippen molar-refractivity contribution in [2.45, 2.75) is 0 Å². The average Bonchev–Trinajstić information content (AvgIpc) is 2.95. The van der Waals surface area contributed by atoms with Crippen molar-refractivity contribution in [3.8, 4) is 11.5 Å². The second kappa shape index (κ2) is 4.65. The second-order valence-electron chi connectivity index (χ2n) is 3.86. The van der Waals surface area contributed by atoms with Crippen LogP contribution in [0.4, 0.5) is 0 Å². The summed E-state index contributed by atoms with van der Waals surface area (Å²) in [5, 5.41) is 10.7. The quantitative estimate of drug-likeness (QED) is 0.826. The zero-order valence-corrected chi connectivity index (χ0v) is 10.7. The van der Waals surface area contributed by atoms with Gasteiger partial charge in [-0.25, -0.2) is 4.99 Å². The Morgan fingerprint density at radius 2 is 1.90 bits per heavy atom. The fourth-order valence-electron chi connectivity index (χ4n) is 1.87. The smallest absolute Gasteiger partial charge is 0.303 e. The third kappa shape index (κ3) is 1.78. The Morgan fingerprint density at radius 1 is 1.05 bits per heavy atom. The molecule has 8 heteroatoms. The first-order valence-electron chi connectivity index (χ1n) is 5.66. The molecule has 0 atom stereocenters. The van der Waals surface area contributed by atoms with Gasteiger partial charge in [-0.2, -0.15) is 4.99 Å². The molecule has 0 bridgehead atoms. The third-order valence-electron chi connectivity index (χ3n) is 2.76. The van der Waals surface area contributed by atoms with Gasteiger partial charge in [0, 0.05) is 0 Å². The minimum atomic E-state index is -0.528. The number of rotatable bonds is 3. The summed E-state index contributed by atoms with van der Waals surface area (Å²) < 4.78 is 10.5. The summed E-state index contributed by atoms with van der Waals surface area (Å²) in [4.78, 5) is 19.9. The summed E-state index contributed by atoms with van der Waals surface area (Å²) in [5.74, 6) is 0.791. The molecule has 2 aliphatic heterocycles. The lowest BCUT2D eigenvalue weighted by Crippen LogP contribution is -2.26. The van der Waals surface area contributed by atoms with Gasteiger partial charge in [0.05, 0.1) is 19.8 Å². The fraction of sp³-hybridized carbons (Fsp3) is 0.167. The maximum absolute atomic E-state index is 11.8. The van der Waals surface area contributed by atoms with E-state index in [2.05, 4.69) is 25.4 Å². The second-order valence-corrected chi connectivity index (χ2v) is 3.86. The molecule has 0 unspecified atom stereocenters. The van der Waals surface area contributed by atoms with E-state index in [4.69, 9.17) is 9.47 Å². The number of methoxy groups -OCH3 is 2. The highest BCUT2D eigenvalue weighted by molar-refractivity contribution is 6.69. The summed E-state index contributed by atoms with van der Waals surface area (Å²) >= 11 is 0. The Hall–Kier alpha value is -2.90. The van der Waals surface area contributed by atoms with Crippen molar-refractivity contribution in [2.24, 2.45) is 25.4 Å². The molecule has 0 saturated carbocycles. The summed E-state index contributed by atoms with van der Waals surface area (Å²) in [5.41, 5.74) is 0.587. The monoisotopic (exact) mass is 271 g/mol. The van der Waals surface area contributed by atoms with Crippen LogP contribution in [0.2, 0.25) is 0 Å². The van der Waals surface area contributed by atoms with E-state index < -0.39 is 5.91 Å². The van der Waals surface area contributed by atoms with Gasteiger partial charge < -0.3 is 9.47 Å². The van der Waals surface area contributed by atoms with E-state index in [1.807, 2.05) is 0 Å². The van der Waals surface area contributed by atoms with Crippen molar-refractivity contribution in [2.75, 3.05) is 14.2 Å². The van der Waals surface area contributed by atoms with Crippen molar-refractivity contribution in [3.63, 3.8) is 0 Å². The van der Waals surface area contributed by atoms with Crippen LogP contribution in [0.15, 0.2) is 43.6 Å². The van der Waals surface area contributed by atoms with Crippen molar-refractivity contribution in [1.82, 2.24) is 0 Å². The Balaban J connectivity index is 2.13. The number of fused-ring (bicyclic) bond motifs is 1. The molecule has 0 fully saturated rings. The Kier molecular flexibility index (Phi) is 2.82. The van der Waals surface area contributed by atoms with Crippen LogP contribution in [0.3, 0.4) is 0 Å². The predicted octanol–water partition coefficient (Wildman–Crippen LogP) is 1.21. The van der Waals surface area contributed by atoms with Crippen molar-refractivity contribution in [1.29, 1.82) is 0 Å². The van der Waals surface area contributed by atoms with E-state index in [1.165, 1.54) is 14.2 Å². The normalized spacial score (nSPS) is 16.3. The number of benzene rings is 1. The molecule has 1 amide bonds. The van der Waals surface area contributed by atoms with Crippen LogP contribution in [0.5, 0.6) is 11.5 Å². The van der Waals surface area contributed by atoms with Gasteiger partial charge in [-0.05, 0) is 17.4 Å². The Labute approximate surface area is 113 Å². The van der Waals surface area contributed by atoms with Gasteiger partial charge in [-0.15, -0.1) is 10.2 Å². The average molecular weight is 271 g/mol. The van der Waals surface area contributed by atoms with E-state index in [0.29, 0.717) is 17.1 Å². The summed E-state index contributed by atoms with van der Waals surface area (Å²) in [6, 6.07) is 5.22. The molecule has 2 heterocycles. The summed E-state index contributed by atoms with van der Waals surface area (Å²) in [6.07, 6.45) is 0. The largest absolute Gasteiger partial charge is 0.493 e. The molecule has 100 valence electrons. The Bertz CT molecular complexity index is 718. The van der Waals surface area contributed by atoms with Gasteiger partial charge in [0.25, 0.3) is 0 Å². The lowest BCUT2D eigenvalue weighted by Gasteiger charge is -2.13. The number of ether oxygens (including phenoxy) is 2. The number of nitrogens with zero attached hydrogens (tertiary/aromatic N) is 5. The highest BCUT2D eigenvalue weighted by atomic mass is 16.5. The van der Waals surface area contributed by atoms with Crippen molar-refractivity contribution < 1.29 is 14.3 Å². The van der Waals surface area contributed by atoms with Gasteiger partial charge in [0.1, 0.15) is 0 Å². The molecule has 0 saturated heterocycles. The molecule has 1 aromatic carbocycles. The number of hydrogen-bond donors (Lipinski definition) is 0. The van der Waals surface area contributed by atoms with E-state index in [1.54, 1.807) is 18.2 Å². The Morgan fingerprint density at radius 3 is 2.65 bits per heavy atom. The van der Waals surface area contributed by atoms with Crippen LogP contribution in [-0.4, -0.2) is 37.5 Å². The van der Waals surface area contributed by atoms with Crippen LogP contribution in [0.1, 0.15) is 5.56 Å². The third-order valence-corrected chi connectivity index (χ3v) is 2.76. The van der Waals surface area contributed by atoms with Crippen LogP contribution in [0, 0.1) is 0 Å².